The van der Waals surface area contributed by atoms with E-state index in [1.54, 1.807) is 20.2 Å². The summed E-state index contributed by atoms with van der Waals surface area (Å²) in [5.74, 6) is -0.639. The van der Waals surface area contributed by atoms with E-state index in [-0.39, 0.29) is 37.1 Å². The van der Waals surface area contributed by atoms with Gasteiger partial charge in [0.1, 0.15) is 11.4 Å². The van der Waals surface area contributed by atoms with Crippen molar-refractivity contribution in [2.45, 2.75) is 26.3 Å². The number of phenols is 1. The molecule has 0 spiro atoms. The molecule has 24 heavy (non-hydrogen) atoms. The maximum atomic E-state index is 12.0. The minimum absolute atomic E-state index is 0. The van der Waals surface area contributed by atoms with Crippen molar-refractivity contribution in [3.05, 3.63) is 44.2 Å². The summed E-state index contributed by atoms with van der Waals surface area (Å²) in [7, 11) is 3.15. The normalized spacial score (nSPS) is 11.4. The van der Waals surface area contributed by atoms with Gasteiger partial charge in [-0.05, 0) is 32.9 Å². The molecule has 0 aliphatic carbocycles. The first kappa shape index (κ1) is 17.5. The summed E-state index contributed by atoms with van der Waals surface area (Å²) in [4.78, 5) is 37.0. The smallest absolute Gasteiger partial charge is 0.257 e. The lowest BCUT2D eigenvalue weighted by atomic mass is 10.1. The number of benzene rings is 1. The molecule has 0 saturated heterocycles. The number of rotatable bonds is 4. The number of para-hydroxylation sites is 1. The maximum Gasteiger partial charge on any atom is 0.257 e. The van der Waals surface area contributed by atoms with Crippen LogP contribution in [0.1, 0.15) is 34.0 Å². The lowest BCUT2D eigenvalue weighted by Gasteiger charge is -2.25. The predicted molar refractivity (Wildman–Crippen MR) is 98.4 cm³/mol. The van der Waals surface area contributed by atoms with Gasteiger partial charge in [-0.1, -0.05) is 6.07 Å². The SMILES string of the molecule is CN(C)C(=O)c1cccc(Nc2c(NC(C)(C)C)c(=O)c2=O)c1O.[HH].[HH]. The molecule has 0 aromatic heterocycles. The second kappa shape index (κ2) is 5.99. The lowest BCUT2D eigenvalue weighted by molar-refractivity contribution is 0.0824. The average Bonchev–Trinajstić information content (AvgIpc) is 2.50. The van der Waals surface area contributed by atoms with Crippen LogP contribution in [0.3, 0.4) is 0 Å². The summed E-state index contributed by atoms with van der Waals surface area (Å²) < 4.78 is 0. The van der Waals surface area contributed by atoms with E-state index in [2.05, 4.69) is 10.6 Å². The number of carbonyl (C=O) groups excluding carboxylic acids is 1. The third-order valence-corrected chi connectivity index (χ3v) is 3.34. The van der Waals surface area contributed by atoms with Gasteiger partial charge in [0.05, 0.1) is 11.3 Å². The fourth-order valence-electron chi connectivity index (χ4n) is 2.20. The number of hydrogen-bond acceptors (Lipinski definition) is 6. The van der Waals surface area contributed by atoms with Gasteiger partial charge in [0.2, 0.25) is 0 Å². The van der Waals surface area contributed by atoms with Crippen molar-refractivity contribution in [1.82, 2.24) is 4.90 Å². The molecule has 0 saturated carbocycles. The molecule has 2 aromatic carbocycles. The Morgan fingerprint density at radius 1 is 1.12 bits per heavy atom. The molecular weight excluding hydrogens is 310 g/mol. The van der Waals surface area contributed by atoms with Crippen molar-refractivity contribution < 1.29 is 12.8 Å². The molecule has 2 rings (SSSR count). The Morgan fingerprint density at radius 2 is 1.71 bits per heavy atom. The Kier molecular flexibility index (Phi) is 4.38. The van der Waals surface area contributed by atoms with Crippen LogP contribution in [-0.2, 0) is 0 Å². The molecule has 0 bridgehead atoms. The summed E-state index contributed by atoms with van der Waals surface area (Å²) >= 11 is 0. The van der Waals surface area contributed by atoms with Crippen molar-refractivity contribution in [2.24, 2.45) is 0 Å². The highest BCUT2D eigenvalue weighted by molar-refractivity contribution is 5.99. The summed E-state index contributed by atoms with van der Waals surface area (Å²) in [6, 6.07) is 4.60. The van der Waals surface area contributed by atoms with Gasteiger partial charge in [0.15, 0.2) is 5.75 Å². The average molecular weight is 335 g/mol. The van der Waals surface area contributed by atoms with Gasteiger partial charge in [0, 0.05) is 22.5 Å². The van der Waals surface area contributed by atoms with Crippen molar-refractivity contribution in [3.8, 4) is 5.75 Å². The summed E-state index contributed by atoms with van der Waals surface area (Å²) in [6.45, 7) is 5.59. The zero-order chi connectivity index (χ0) is 18.2. The minimum Gasteiger partial charge on any atom is -0.505 e. The third kappa shape index (κ3) is 3.24. The van der Waals surface area contributed by atoms with Crippen molar-refractivity contribution in [1.29, 1.82) is 0 Å². The van der Waals surface area contributed by atoms with Crippen LogP contribution in [-0.4, -0.2) is 35.5 Å². The lowest BCUT2D eigenvalue weighted by Crippen LogP contribution is -2.41. The van der Waals surface area contributed by atoms with E-state index in [0.29, 0.717) is 0 Å². The summed E-state index contributed by atoms with van der Waals surface area (Å²) in [5, 5.41) is 16.0. The topological polar surface area (TPSA) is 98.7 Å². The first-order chi connectivity index (χ1) is 11.0. The second-order valence-electron chi connectivity index (χ2n) is 6.81. The number of aromatic hydroxyl groups is 1. The molecule has 3 N–H and O–H groups in total. The van der Waals surface area contributed by atoms with Gasteiger partial charge in [-0.15, -0.1) is 0 Å². The quantitative estimate of drug-likeness (QED) is 0.585. The highest BCUT2D eigenvalue weighted by atomic mass is 16.3. The Balaban J connectivity index is 0.00000312. The standard InChI is InChI=1S/C17H21N3O4.2H2/c1-17(2,3)19-12-11(14(22)15(12)23)18-10-8-6-7-9(13(10)21)16(24)20(4)5;;/h6-8,18-19,21H,1-5H3;2*1H. The van der Waals surface area contributed by atoms with E-state index < -0.39 is 16.4 Å². The van der Waals surface area contributed by atoms with Crippen LogP contribution in [0.4, 0.5) is 17.1 Å². The van der Waals surface area contributed by atoms with Gasteiger partial charge < -0.3 is 20.6 Å². The maximum absolute atomic E-state index is 12.0. The van der Waals surface area contributed by atoms with Crippen LogP contribution in [0.2, 0.25) is 0 Å². The van der Waals surface area contributed by atoms with E-state index in [1.165, 1.54) is 17.0 Å². The van der Waals surface area contributed by atoms with Gasteiger partial charge in [-0.3, -0.25) is 14.4 Å². The van der Waals surface area contributed by atoms with Crippen LogP contribution in [0.5, 0.6) is 5.75 Å². The highest BCUT2D eigenvalue weighted by Gasteiger charge is 2.26. The van der Waals surface area contributed by atoms with Crippen LogP contribution in [0, 0.1) is 0 Å². The molecule has 2 aromatic rings. The molecule has 1 amide bonds. The molecule has 0 atom stereocenters. The number of amides is 1. The fourth-order valence-corrected chi connectivity index (χ4v) is 2.20. The first-order valence-electron chi connectivity index (χ1n) is 7.45. The van der Waals surface area contributed by atoms with Gasteiger partial charge >= 0.3 is 0 Å². The van der Waals surface area contributed by atoms with E-state index in [1.807, 2.05) is 20.8 Å². The Labute approximate surface area is 142 Å². The van der Waals surface area contributed by atoms with Crippen LogP contribution in [0.25, 0.3) is 0 Å². The van der Waals surface area contributed by atoms with Crippen molar-refractivity contribution in [2.75, 3.05) is 24.7 Å². The molecule has 0 aliphatic rings. The summed E-state index contributed by atoms with van der Waals surface area (Å²) in [6.07, 6.45) is 0. The van der Waals surface area contributed by atoms with E-state index in [0.717, 1.165) is 0 Å². The molecule has 0 radical (unpaired) electrons. The Bertz CT molecular complexity index is 866. The monoisotopic (exact) mass is 335 g/mol. The van der Waals surface area contributed by atoms with Crippen molar-refractivity contribution >= 4 is 23.0 Å². The molecule has 0 fully saturated rings. The van der Waals surface area contributed by atoms with Gasteiger partial charge in [-0.25, -0.2) is 0 Å². The molecular formula is C17H25N3O4. The number of phenolic OH excluding ortho intramolecular Hbond substituents is 1. The summed E-state index contributed by atoms with van der Waals surface area (Å²) in [5.41, 5.74) is -1.11. The molecule has 7 nitrogen and oxygen atoms in total. The largest absolute Gasteiger partial charge is 0.505 e. The van der Waals surface area contributed by atoms with E-state index in [4.69, 9.17) is 0 Å². The van der Waals surface area contributed by atoms with Crippen LogP contribution < -0.4 is 21.5 Å². The zero-order valence-electron chi connectivity index (χ0n) is 14.4. The number of nitrogens with zero attached hydrogens (tertiary/aromatic N) is 1. The second-order valence-corrected chi connectivity index (χ2v) is 6.81. The highest BCUT2D eigenvalue weighted by Crippen LogP contribution is 2.32. The molecule has 132 valence electrons. The number of nitrogens with one attached hydrogen (secondary N) is 2. The zero-order valence-corrected chi connectivity index (χ0v) is 14.4. The van der Waals surface area contributed by atoms with Gasteiger partial charge in [-0.2, -0.15) is 0 Å². The fraction of sp³-hybridized carbons (Fsp3) is 0.353. The molecule has 0 aliphatic heterocycles. The first-order valence-corrected chi connectivity index (χ1v) is 7.45. The Hall–Kier alpha value is -2.83. The predicted octanol–water partition coefficient (Wildman–Crippen LogP) is 2.14. The molecule has 7 heteroatoms. The van der Waals surface area contributed by atoms with Crippen LogP contribution in [0.15, 0.2) is 27.8 Å². The van der Waals surface area contributed by atoms with Gasteiger partial charge in [0.25, 0.3) is 16.8 Å². The molecule has 0 heterocycles. The van der Waals surface area contributed by atoms with Crippen molar-refractivity contribution in [3.63, 3.8) is 0 Å². The van der Waals surface area contributed by atoms with E-state index in [9.17, 15) is 19.5 Å². The van der Waals surface area contributed by atoms with Crippen LogP contribution >= 0.6 is 0 Å². The third-order valence-electron chi connectivity index (χ3n) is 3.34. The number of hydrogen-bond donors (Lipinski definition) is 3. The minimum atomic E-state index is -0.662. The number of anilines is 3. The van der Waals surface area contributed by atoms with E-state index >= 15 is 0 Å². The molecule has 0 unspecified atom stereocenters. The number of carbonyl (C=O) groups is 1. The Morgan fingerprint density at radius 3 is 2.25 bits per heavy atom.